The SMILES string of the molecule is CC[CH]C1(C)CCCCCCC1. The van der Waals surface area contributed by atoms with Crippen molar-refractivity contribution in [3.8, 4) is 0 Å². The van der Waals surface area contributed by atoms with Gasteiger partial charge in [-0.3, -0.25) is 0 Å². The van der Waals surface area contributed by atoms with Crippen molar-refractivity contribution in [2.24, 2.45) is 5.41 Å². The molecular weight excluding hydrogens is 144 g/mol. The molecule has 0 nitrogen and oxygen atoms in total. The molecule has 1 saturated carbocycles. The van der Waals surface area contributed by atoms with E-state index in [0.717, 1.165) is 0 Å². The Hall–Kier alpha value is 0. The molecule has 0 atom stereocenters. The quantitative estimate of drug-likeness (QED) is 0.573. The van der Waals surface area contributed by atoms with Crippen molar-refractivity contribution < 1.29 is 0 Å². The van der Waals surface area contributed by atoms with E-state index in [9.17, 15) is 0 Å². The van der Waals surface area contributed by atoms with Gasteiger partial charge in [-0.15, -0.1) is 0 Å². The maximum atomic E-state index is 2.54. The summed E-state index contributed by atoms with van der Waals surface area (Å²) in [6, 6.07) is 0. The van der Waals surface area contributed by atoms with Gasteiger partial charge in [0, 0.05) is 0 Å². The molecule has 1 rings (SSSR count). The molecule has 1 aliphatic rings. The summed E-state index contributed by atoms with van der Waals surface area (Å²) in [5, 5.41) is 0. The predicted molar refractivity (Wildman–Crippen MR) is 55.0 cm³/mol. The molecule has 0 aromatic heterocycles. The molecule has 0 heterocycles. The molecule has 0 bridgehead atoms. The van der Waals surface area contributed by atoms with Gasteiger partial charge in [0.1, 0.15) is 0 Å². The lowest BCUT2D eigenvalue weighted by Gasteiger charge is -2.30. The van der Waals surface area contributed by atoms with Crippen LogP contribution in [0.2, 0.25) is 0 Å². The van der Waals surface area contributed by atoms with E-state index < -0.39 is 0 Å². The lowest BCUT2D eigenvalue weighted by Crippen LogP contribution is -2.18. The molecule has 1 aliphatic carbocycles. The molecule has 0 amide bonds. The Kier molecular flexibility index (Phi) is 4.11. The Morgan fingerprint density at radius 3 is 2.00 bits per heavy atom. The minimum absolute atomic E-state index is 0.579. The van der Waals surface area contributed by atoms with Crippen LogP contribution < -0.4 is 0 Å². The van der Waals surface area contributed by atoms with E-state index in [2.05, 4.69) is 20.3 Å². The minimum Gasteiger partial charge on any atom is -0.0651 e. The normalized spacial score (nSPS) is 24.5. The van der Waals surface area contributed by atoms with Crippen molar-refractivity contribution in [2.45, 2.75) is 65.2 Å². The lowest BCUT2D eigenvalue weighted by molar-refractivity contribution is 0.278. The molecule has 71 valence electrons. The third-order valence-corrected chi connectivity index (χ3v) is 3.19. The molecule has 0 spiro atoms. The molecule has 0 aromatic carbocycles. The van der Waals surface area contributed by atoms with Crippen LogP contribution in [-0.2, 0) is 0 Å². The Balaban J connectivity index is 2.36. The molecule has 0 unspecified atom stereocenters. The molecule has 12 heavy (non-hydrogen) atoms. The summed E-state index contributed by atoms with van der Waals surface area (Å²) in [6.07, 6.45) is 14.0. The second kappa shape index (κ2) is 4.89. The van der Waals surface area contributed by atoms with E-state index in [1.807, 2.05) is 0 Å². The van der Waals surface area contributed by atoms with Gasteiger partial charge < -0.3 is 0 Å². The van der Waals surface area contributed by atoms with Crippen LogP contribution in [-0.4, -0.2) is 0 Å². The highest BCUT2D eigenvalue weighted by Gasteiger charge is 2.23. The molecule has 0 aromatic rings. The van der Waals surface area contributed by atoms with Crippen LogP contribution in [0.3, 0.4) is 0 Å². The summed E-state index contributed by atoms with van der Waals surface area (Å²) in [4.78, 5) is 0. The summed E-state index contributed by atoms with van der Waals surface area (Å²) >= 11 is 0. The highest BCUT2D eigenvalue weighted by molar-refractivity contribution is 4.88. The first-order valence-electron chi connectivity index (χ1n) is 5.61. The fourth-order valence-electron chi connectivity index (χ4n) is 2.41. The van der Waals surface area contributed by atoms with Crippen molar-refractivity contribution in [1.82, 2.24) is 0 Å². The molecule has 0 saturated heterocycles. The Morgan fingerprint density at radius 1 is 1.00 bits per heavy atom. The van der Waals surface area contributed by atoms with Gasteiger partial charge in [0.05, 0.1) is 0 Å². The summed E-state index contributed by atoms with van der Waals surface area (Å²) < 4.78 is 0. The predicted octanol–water partition coefficient (Wildman–Crippen LogP) is 4.35. The van der Waals surface area contributed by atoms with Crippen LogP contribution in [0.4, 0.5) is 0 Å². The standard InChI is InChI=1S/C12H23/c1-3-9-12(2)10-7-5-4-6-8-11-12/h9H,3-8,10-11H2,1-2H3. The van der Waals surface area contributed by atoms with E-state index >= 15 is 0 Å². The number of hydrogen-bond acceptors (Lipinski definition) is 0. The van der Waals surface area contributed by atoms with Gasteiger partial charge in [0.15, 0.2) is 0 Å². The molecule has 0 heteroatoms. The summed E-state index contributed by atoms with van der Waals surface area (Å²) in [5.74, 6) is 0. The topological polar surface area (TPSA) is 0 Å². The van der Waals surface area contributed by atoms with E-state index in [-0.39, 0.29) is 0 Å². The number of hydrogen-bond donors (Lipinski definition) is 0. The van der Waals surface area contributed by atoms with E-state index in [0.29, 0.717) is 5.41 Å². The zero-order valence-electron chi connectivity index (χ0n) is 8.73. The van der Waals surface area contributed by atoms with Crippen LogP contribution in [0.1, 0.15) is 65.2 Å². The fourth-order valence-corrected chi connectivity index (χ4v) is 2.41. The molecule has 1 radical (unpaired) electrons. The minimum atomic E-state index is 0.579. The van der Waals surface area contributed by atoms with E-state index in [1.54, 1.807) is 0 Å². The smallest absolute Gasteiger partial charge is 0.0295 e. The largest absolute Gasteiger partial charge is 0.0651 e. The van der Waals surface area contributed by atoms with Crippen LogP contribution in [0.15, 0.2) is 0 Å². The zero-order chi connectivity index (χ0) is 8.86. The molecular formula is C12H23. The summed E-state index contributed by atoms with van der Waals surface area (Å²) in [5.41, 5.74) is 0.579. The second-order valence-electron chi connectivity index (χ2n) is 4.53. The molecule has 0 aliphatic heterocycles. The molecule has 1 fully saturated rings. The average Bonchev–Trinajstić information content (AvgIpc) is 1.99. The van der Waals surface area contributed by atoms with Gasteiger partial charge in [0.2, 0.25) is 0 Å². The summed E-state index contributed by atoms with van der Waals surface area (Å²) in [6.45, 7) is 4.71. The lowest BCUT2D eigenvalue weighted by atomic mass is 9.75. The third-order valence-electron chi connectivity index (χ3n) is 3.19. The molecule has 0 N–H and O–H groups in total. The first kappa shape index (κ1) is 10.1. The van der Waals surface area contributed by atoms with Crippen molar-refractivity contribution in [3.63, 3.8) is 0 Å². The van der Waals surface area contributed by atoms with Crippen molar-refractivity contribution >= 4 is 0 Å². The first-order chi connectivity index (χ1) is 5.77. The highest BCUT2D eigenvalue weighted by atomic mass is 14.3. The van der Waals surface area contributed by atoms with E-state index in [1.165, 1.54) is 51.4 Å². The number of rotatable bonds is 2. The average molecular weight is 167 g/mol. The fraction of sp³-hybridized carbons (Fsp3) is 0.917. The Bertz CT molecular complexity index is 107. The Morgan fingerprint density at radius 2 is 1.50 bits per heavy atom. The summed E-state index contributed by atoms with van der Waals surface area (Å²) in [7, 11) is 0. The van der Waals surface area contributed by atoms with Crippen LogP contribution in [0.5, 0.6) is 0 Å². The van der Waals surface area contributed by atoms with Gasteiger partial charge in [-0.25, -0.2) is 0 Å². The van der Waals surface area contributed by atoms with Crippen molar-refractivity contribution in [3.05, 3.63) is 6.42 Å². The van der Waals surface area contributed by atoms with Gasteiger partial charge in [-0.05, 0) is 24.7 Å². The zero-order valence-corrected chi connectivity index (χ0v) is 8.73. The van der Waals surface area contributed by atoms with Crippen LogP contribution in [0.25, 0.3) is 0 Å². The van der Waals surface area contributed by atoms with Gasteiger partial charge in [-0.1, -0.05) is 52.4 Å². The van der Waals surface area contributed by atoms with E-state index in [4.69, 9.17) is 0 Å². The van der Waals surface area contributed by atoms with Gasteiger partial charge >= 0.3 is 0 Å². The van der Waals surface area contributed by atoms with Crippen molar-refractivity contribution in [2.75, 3.05) is 0 Å². The Labute approximate surface area is 77.7 Å². The van der Waals surface area contributed by atoms with Gasteiger partial charge in [0.25, 0.3) is 0 Å². The monoisotopic (exact) mass is 167 g/mol. The van der Waals surface area contributed by atoms with Gasteiger partial charge in [-0.2, -0.15) is 0 Å². The maximum Gasteiger partial charge on any atom is -0.0295 e. The van der Waals surface area contributed by atoms with Crippen LogP contribution in [0, 0.1) is 11.8 Å². The third kappa shape index (κ3) is 3.16. The highest BCUT2D eigenvalue weighted by Crippen LogP contribution is 2.36. The second-order valence-corrected chi connectivity index (χ2v) is 4.53. The maximum absolute atomic E-state index is 2.54. The van der Waals surface area contributed by atoms with Crippen molar-refractivity contribution in [1.29, 1.82) is 0 Å². The van der Waals surface area contributed by atoms with Crippen LogP contribution >= 0.6 is 0 Å². The first-order valence-corrected chi connectivity index (χ1v) is 5.61.